The van der Waals surface area contributed by atoms with Gasteiger partial charge in [-0.25, -0.2) is 0 Å². The molecule has 1 aromatic rings. The molecule has 98 valence electrons. The van der Waals surface area contributed by atoms with E-state index in [-0.39, 0.29) is 5.91 Å². The number of benzene rings is 1. The number of nitrogens with zero attached hydrogens (tertiary/aromatic N) is 2. The number of anilines is 1. The molecular weight excluding hydrogens is 244 g/mol. The second-order valence-corrected chi connectivity index (χ2v) is 5.53. The van der Waals surface area contributed by atoms with E-state index < -0.39 is 0 Å². The Hall–Kier alpha value is -1.00. The summed E-state index contributed by atoms with van der Waals surface area (Å²) in [6.07, 6.45) is 0.626. The first-order valence-electron chi connectivity index (χ1n) is 6.25. The van der Waals surface area contributed by atoms with Crippen LogP contribution in [-0.2, 0) is 11.3 Å². The molecule has 1 aliphatic rings. The normalized spacial score (nSPS) is 19.9. The van der Waals surface area contributed by atoms with Gasteiger partial charge in [-0.2, -0.15) is 12.6 Å². The van der Waals surface area contributed by atoms with Crippen LogP contribution in [0.1, 0.15) is 12.0 Å². The largest absolute Gasteiger partial charge is 0.312 e. The second kappa shape index (κ2) is 5.76. The molecule has 0 aliphatic carbocycles. The van der Waals surface area contributed by atoms with E-state index in [9.17, 15) is 4.79 Å². The highest BCUT2D eigenvalue weighted by Crippen LogP contribution is 2.26. The summed E-state index contributed by atoms with van der Waals surface area (Å²) in [5.74, 6) is 1.38. The molecule has 1 saturated heterocycles. The van der Waals surface area contributed by atoms with Crippen molar-refractivity contribution >= 4 is 24.2 Å². The summed E-state index contributed by atoms with van der Waals surface area (Å²) >= 11 is 4.29. The molecule has 1 unspecified atom stereocenters. The minimum absolute atomic E-state index is 0.219. The fraction of sp³-hybridized carbons (Fsp3) is 0.500. The number of thiol groups is 1. The molecule has 2 rings (SSSR count). The number of hydrogen-bond acceptors (Lipinski definition) is 3. The van der Waals surface area contributed by atoms with Gasteiger partial charge in [0.15, 0.2) is 0 Å². The maximum atomic E-state index is 12.0. The lowest BCUT2D eigenvalue weighted by molar-refractivity contribution is -0.117. The van der Waals surface area contributed by atoms with Gasteiger partial charge in [0.05, 0.1) is 0 Å². The van der Waals surface area contributed by atoms with E-state index in [1.54, 1.807) is 0 Å². The third kappa shape index (κ3) is 3.06. The van der Waals surface area contributed by atoms with E-state index in [4.69, 9.17) is 0 Å². The molecule has 4 heteroatoms. The van der Waals surface area contributed by atoms with Gasteiger partial charge in [0, 0.05) is 25.2 Å². The molecule has 1 fully saturated rings. The maximum absolute atomic E-state index is 12.0. The van der Waals surface area contributed by atoms with Gasteiger partial charge >= 0.3 is 0 Å². The van der Waals surface area contributed by atoms with E-state index in [2.05, 4.69) is 29.7 Å². The zero-order chi connectivity index (χ0) is 13.1. The molecule has 1 aromatic carbocycles. The highest BCUT2D eigenvalue weighted by Gasteiger charge is 2.29. The quantitative estimate of drug-likeness (QED) is 0.841. The molecule has 0 spiro atoms. The van der Waals surface area contributed by atoms with Crippen LogP contribution < -0.4 is 4.90 Å². The van der Waals surface area contributed by atoms with E-state index in [1.807, 2.05) is 31.1 Å². The lowest BCUT2D eigenvalue weighted by Crippen LogP contribution is -2.24. The Balaban J connectivity index is 2.16. The zero-order valence-corrected chi connectivity index (χ0v) is 11.9. The van der Waals surface area contributed by atoms with Gasteiger partial charge in [-0.05, 0) is 43.5 Å². The average molecular weight is 264 g/mol. The summed E-state index contributed by atoms with van der Waals surface area (Å²) in [6, 6.07) is 8.24. The monoisotopic (exact) mass is 264 g/mol. The Labute approximate surface area is 114 Å². The van der Waals surface area contributed by atoms with Crippen LogP contribution in [0.4, 0.5) is 5.69 Å². The lowest BCUT2D eigenvalue weighted by atomic mass is 10.1. The van der Waals surface area contributed by atoms with E-state index in [0.717, 1.165) is 24.5 Å². The van der Waals surface area contributed by atoms with E-state index in [1.165, 1.54) is 5.56 Å². The third-order valence-corrected chi connectivity index (χ3v) is 3.70. The SMILES string of the molecule is CN(C)Cc1cccc(N2CC(CS)CC2=O)c1. The van der Waals surface area contributed by atoms with E-state index in [0.29, 0.717) is 12.3 Å². The van der Waals surface area contributed by atoms with Crippen LogP contribution in [0.2, 0.25) is 0 Å². The predicted molar refractivity (Wildman–Crippen MR) is 78.1 cm³/mol. The molecule has 0 N–H and O–H groups in total. The first-order chi connectivity index (χ1) is 8.60. The smallest absolute Gasteiger partial charge is 0.227 e. The van der Waals surface area contributed by atoms with Crippen LogP contribution in [0, 0.1) is 5.92 Å². The standard InChI is InChI=1S/C14H20N2OS/c1-15(2)8-11-4-3-5-13(6-11)16-9-12(10-18)7-14(16)17/h3-6,12,18H,7-10H2,1-2H3. The minimum atomic E-state index is 0.219. The van der Waals surface area contributed by atoms with Gasteiger partial charge in [0.2, 0.25) is 5.91 Å². The van der Waals surface area contributed by atoms with Crippen molar-refractivity contribution < 1.29 is 4.79 Å². The van der Waals surface area contributed by atoms with Crippen LogP contribution in [0.3, 0.4) is 0 Å². The van der Waals surface area contributed by atoms with Gasteiger partial charge in [-0.15, -0.1) is 0 Å². The molecule has 18 heavy (non-hydrogen) atoms. The molecule has 0 bridgehead atoms. The van der Waals surface area contributed by atoms with Gasteiger partial charge in [-0.3, -0.25) is 4.79 Å². The third-order valence-electron chi connectivity index (χ3n) is 3.18. The van der Waals surface area contributed by atoms with Crippen molar-refractivity contribution in [3.63, 3.8) is 0 Å². The summed E-state index contributed by atoms with van der Waals surface area (Å²) in [6.45, 7) is 1.69. The molecule has 0 aromatic heterocycles. The first kappa shape index (κ1) is 13.4. The number of hydrogen-bond donors (Lipinski definition) is 1. The second-order valence-electron chi connectivity index (χ2n) is 5.16. The summed E-state index contributed by atoms with van der Waals surface area (Å²) in [7, 11) is 4.09. The van der Waals surface area contributed by atoms with Crippen molar-refractivity contribution in [2.45, 2.75) is 13.0 Å². The zero-order valence-electron chi connectivity index (χ0n) is 11.0. The fourth-order valence-corrected chi connectivity index (χ4v) is 2.59. The van der Waals surface area contributed by atoms with Crippen molar-refractivity contribution in [2.75, 3.05) is 31.3 Å². The Morgan fingerprint density at radius 2 is 2.22 bits per heavy atom. The maximum Gasteiger partial charge on any atom is 0.227 e. The van der Waals surface area contributed by atoms with Crippen LogP contribution in [0.15, 0.2) is 24.3 Å². The average Bonchev–Trinajstić information content (AvgIpc) is 2.70. The minimum Gasteiger partial charge on any atom is -0.312 e. The molecule has 1 amide bonds. The summed E-state index contributed by atoms with van der Waals surface area (Å²) < 4.78 is 0. The van der Waals surface area contributed by atoms with Gasteiger partial charge in [0.25, 0.3) is 0 Å². The van der Waals surface area contributed by atoms with Crippen LogP contribution >= 0.6 is 12.6 Å². The van der Waals surface area contributed by atoms with Crippen molar-refractivity contribution in [1.82, 2.24) is 4.90 Å². The van der Waals surface area contributed by atoms with Crippen LogP contribution in [0.5, 0.6) is 0 Å². The van der Waals surface area contributed by atoms with Crippen LogP contribution in [0.25, 0.3) is 0 Å². The summed E-state index contributed by atoms with van der Waals surface area (Å²) in [5.41, 5.74) is 2.25. The van der Waals surface area contributed by atoms with Crippen molar-refractivity contribution in [3.05, 3.63) is 29.8 Å². The number of carbonyl (C=O) groups excluding carboxylic acids is 1. The Bertz CT molecular complexity index is 434. The molecule has 1 aliphatic heterocycles. The molecule has 3 nitrogen and oxygen atoms in total. The summed E-state index contributed by atoms with van der Waals surface area (Å²) in [4.78, 5) is 16.0. The van der Waals surface area contributed by atoms with Crippen LogP contribution in [-0.4, -0.2) is 37.2 Å². The van der Waals surface area contributed by atoms with Gasteiger partial charge < -0.3 is 9.80 Å². The molecule has 0 radical (unpaired) electrons. The number of rotatable bonds is 4. The summed E-state index contributed by atoms with van der Waals surface area (Å²) in [5, 5.41) is 0. The molecule has 0 saturated carbocycles. The van der Waals surface area contributed by atoms with Crippen molar-refractivity contribution in [3.8, 4) is 0 Å². The highest BCUT2D eigenvalue weighted by molar-refractivity contribution is 7.80. The number of amides is 1. The molecular formula is C14H20N2OS. The van der Waals surface area contributed by atoms with Gasteiger partial charge in [-0.1, -0.05) is 12.1 Å². The Morgan fingerprint density at radius 3 is 2.83 bits per heavy atom. The fourth-order valence-electron chi connectivity index (χ4n) is 2.34. The van der Waals surface area contributed by atoms with E-state index >= 15 is 0 Å². The molecule has 1 heterocycles. The first-order valence-corrected chi connectivity index (χ1v) is 6.88. The topological polar surface area (TPSA) is 23.6 Å². The lowest BCUT2D eigenvalue weighted by Gasteiger charge is -2.18. The van der Waals surface area contributed by atoms with Gasteiger partial charge in [0.1, 0.15) is 0 Å². The predicted octanol–water partition coefficient (Wildman–Crippen LogP) is 2.03. The van der Waals surface area contributed by atoms with Crippen molar-refractivity contribution in [2.24, 2.45) is 5.92 Å². The highest BCUT2D eigenvalue weighted by atomic mass is 32.1. The number of carbonyl (C=O) groups is 1. The Morgan fingerprint density at radius 1 is 1.44 bits per heavy atom. The Kier molecular flexibility index (Phi) is 4.30. The van der Waals surface area contributed by atoms with Crippen molar-refractivity contribution in [1.29, 1.82) is 0 Å². The molecule has 1 atom stereocenters.